The molecule has 2 aromatic carbocycles. The number of carbonyl (C=O) groups excluding carboxylic acids is 1. The maximum absolute atomic E-state index is 13.2. The maximum atomic E-state index is 13.2. The van der Waals surface area contributed by atoms with E-state index in [2.05, 4.69) is 42.1 Å². The Morgan fingerprint density at radius 2 is 2.04 bits per heavy atom. The molecule has 1 unspecified atom stereocenters. The van der Waals surface area contributed by atoms with Gasteiger partial charge in [-0.3, -0.25) is 4.79 Å². The van der Waals surface area contributed by atoms with E-state index in [0.717, 1.165) is 10.0 Å². The smallest absolute Gasteiger partial charge is 0.255 e. The summed E-state index contributed by atoms with van der Waals surface area (Å²) < 4.78 is 7.99. The van der Waals surface area contributed by atoms with Gasteiger partial charge in [-0.05, 0) is 47.7 Å². The molecule has 0 fully saturated rings. The van der Waals surface area contributed by atoms with Gasteiger partial charge >= 0.3 is 0 Å². The number of nitrogens with zero attached hydrogens (tertiary/aromatic N) is 4. The van der Waals surface area contributed by atoms with Crippen LogP contribution >= 0.6 is 15.9 Å². The highest BCUT2D eigenvalue weighted by molar-refractivity contribution is 9.10. The first-order valence-corrected chi connectivity index (χ1v) is 9.33. The largest absolute Gasteiger partial charge is 0.496 e. The summed E-state index contributed by atoms with van der Waals surface area (Å²) in [6.07, 6.45) is 0. The molecule has 8 nitrogen and oxygen atoms in total. The maximum Gasteiger partial charge on any atom is 0.255 e. The number of amides is 1. The van der Waals surface area contributed by atoms with Crippen molar-refractivity contribution in [2.24, 2.45) is 0 Å². The number of ether oxygens (including phenoxy) is 1. The Bertz CT molecular complexity index is 1060. The molecule has 1 aliphatic heterocycles. The molecule has 0 bridgehead atoms. The van der Waals surface area contributed by atoms with E-state index in [9.17, 15) is 4.79 Å². The third kappa shape index (κ3) is 3.24. The minimum atomic E-state index is -0.553. The molecule has 0 radical (unpaired) electrons. The Morgan fingerprint density at radius 3 is 2.79 bits per heavy atom. The SMILES string of the molecule is COc1ccc(Br)cc1C1C(C(=O)Nc2ccccc2)=C(C)Nc2nnnn21. The number of anilines is 2. The lowest BCUT2D eigenvalue weighted by Gasteiger charge is -2.29. The molecule has 1 amide bonds. The van der Waals surface area contributed by atoms with Crippen LogP contribution in [0.4, 0.5) is 11.6 Å². The average Bonchev–Trinajstić information content (AvgIpc) is 3.15. The monoisotopic (exact) mass is 440 g/mol. The summed E-state index contributed by atoms with van der Waals surface area (Å²) in [6.45, 7) is 1.83. The van der Waals surface area contributed by atoms with Crippen LogP contribution in [0.15, 0.2) is 64.3 Å². The van der Waals surface area contributed by atoms with Gasteiger partial charge in [0.1, 0.15) is 11.8 Å². The van der Waals surface area contributed by atoms with Crippen LogP contribution in [-0.2, 0) is 4.79 Å². The third-order valence-electron chi connectivity index (χ3n) is 4.48. The van der Waals surface area contributed by atoms with Crippen LogP contribution in [0.3, 0.4) is 0 Å². The van der Waals surface area contributed by atoms with Crippen molar-refractivity contribution in [3.05, 3.63) is 69.8 Å². The van der Waals surface area contributed by atoms with Crippen LogP contribution in [0.1, 0.15) is 18.5 Å². The number of methoxy groups -OCH3 is 1. The summed E-state index contributed by atoms with van der Waals surface area (Å²) in [7, 11) is 1.59. The fourth-order valence-electron chi connectivity index (χ4n) is 3.23. The van der Waals surface area contributed by atoms with Crippen LogP contribution in [0.2, 0.25) is 0 Å². The molecule has 3 aromatic rings. The van der Waals surface area contributed by atoms with Crippen LogP contribution in [0.5, 0.6) is 5.75 Å². The van der Waals surface area contributed by atoms with E-state index in [4.69, 9.17) is 4.74 Å². The Labute approximate surface area is 169 Å². The number of benzene rings is 2. The summed E-state index contributed by atoms with van der Waals surface area (Å²) in [5.41, 5.74) is 2.64. The first kappa shape index (κ1) is 18.2. The molecule has 9 heteroatoms. The lowest BCUT2D eigenvalue weighted by Crippen LogP contribution is -2.31. The van der Waals surface area contributed by atoms with Gasteiger partial charge in [-0.1, -0.05) is 39.2 Å². The molecule has 1 aromatic heterocycles. The van der Waals surface area contributed by atoms with Gasteiger partial charge in [0.05, 0.1) is 12.7 Å². The predicted octanol–water partition coefficient (Wildman–Crippen LogP) is 3.37. The van der Waals surface area contributed by atoms with Gasteiger partial charge < -0.3 is 15.4 Å². The molecule has 2 N–H and O–H groups in total. The minimum Gasteiger partial charge on any atom is -0.496 e. The number of hydrogen-bond acceptors (Lipinski definition) is 6. The molecule has 2 heterocycles. The molecule has 1 atom stereocenters. The molecule has 0 saturated carbocycles. The second kappa shape index (κ2) is 7.43. The Balaban J connectivity index is 1.83. The quantitative estimate of drug-likeness (QED) is 0.645. The van der Waals surface area contributed by atoms with Gasteiger partial charge in [-0.25, -0.2) is 0 Å². The third-order valence-corrected chi connectivity index (χ3v) is 4.97. The number of nitrogens with one attached hydrogen (secondary N) is 2. The van der Waals surface area contributed by atoms with Gasteiger partial charge in [0.2, 0.25) is 5.95 Å². The fraction of sp³-hybridized carbons (Fsp3) is 0.158. The number of allylic oxidation sites excluding steroid dienone is 1. The number of fused-ring (bicyclic) bond motifs is 1. The van der Waals surface area contributed by atoms with Crippen molar-refractivity contribution >= 4 is 33.5 Å². The fourth-order valence-corrected chi connectivity index (χ4v) is 3.61. The van der Waals surface area contributed by atoms with E-state index in [1.54, 1.807) is 11.8 Å². The van der Waals surface area contributed by atoms with E-state index in [0.29, 0.717) is 28.7 Å². The van der Waals surface area contributed by atoms with E-state index in [1.165, 1.54) is 0 Å². The second-order valence-corrected chi connectivity index (χ2v) is 7.14. The molecule has 4 rings (SSSR count). The van der Waals surface area contributed by atoms with E-state index >= 15 is 0 Å². The average molecular weight is 441 g/mol. The van der Waals surface area contributed by atoms with Gasteiger partial charge in [-0.15, -0.1) is 0 Å². The number of hydrogen-bond donors (Lipinski definition) is 2. The first-order valence-electron chi connectivity index (χ1n) is 8.54. The molecule has 28 heavy (non-hydrogen) atoms. The van der Waals surface area contributed by atoms with Crippen LogP contribution in [0.25, 0.3) is 0 Å². The first-order chi connectivity index (χ1) is 13.6. The Morgan fingerprint density at radius 1 is 1.25 bits per heavy atom. The molecule has 142 valence electrons. The Hall–Kier alpha value is -3.20. The van der Waals surface area contributed by atoms with Gasteiger partial charge in [0.25, 0.3) is 5.91 Å². The lowest BCUT2D eigenvalue weighted by atomic mass is 9.94. The van der Waals surface area contributed by atoms with Crippen LogP contribution < -0.4 is 15.4 Å². The Kier molecular flexibility index (Phi) is 4.82. The van der Waals surface area contributed by atoms with Crippen molar-refractivity contribution in [2.45, 2.75) is 13.0 Å². The summed E-state index contributed by atoms with van der Waals surface area (Å²) in [4.78, 5) is 13.2. The zero-order valence-electron chi connectivity index (χ0n) is 15.2. The number of carbonyl (C=O) groups is 1. The highest BCUT2D eigenvalue weighted by Crippen LogP contribution is 2.40. The topological polar surface area (TPSA) is 94.0 Å². The normalized spacial score (nSPS) is 15.6. The van der Waals surface area contributed by atoms with Gasteiger partial charge in [-0.2, -0.15) is 4.68 Å². The molecule has 0 saturated heterocycles. The number of halogens is 1. The lowest BCUT2D eigenvalue weighted by molar-refractivity contribution is -0.113. The summed E-state index contributed by atoms with van der Waals surface area (Å²) in [5, 5.41) is 17.9. The number of rotatable bonds is 4. The van der Waals surface area contributed by atoms with Crippen molar-refractivity contribution < 1.29 is 9.53 Å². The highest BCUT2D eigenvalue weighted by Gasteiger charge is 2.35. The summed E-state index contributed by atoms with van der Waals surface area (Å²) in [6, 6.07) is 14.4. The predicted molar refractivity (Wildman–Crippen MR) is 108 cm³/mol. The minimum absolute atomic E-state index is 0.246. The van der Waals surface area contributed by atoms with Gasteiger partial charge in [0.15, 0.2) is 0 Å². The molecular formula is C19H17BrN6O2. The van der Waals surface area contributed by atoms with E-state index in [1.807, 2.05) is 55.5 Å². The highest BCUT2D eigenvalue weighted by atomic mass is 79.9. The molecule has 0 spiro atoms. The van der Waals surface area contributed by atoms with Crippen molar-refractivity contribution in [2.75, 3.05) is 17.7 Å². The van der Waals surface area contributed by atoms with Crippen molar-refractivity contribution in [3.8, 4) is 5.75 Å². The second-order valence-electron chi connectivity index (χ2n) is 6.22. The van der Waals surface area contributed by atoms with Gasteiger partial charge in [0, 0.05) is 21.4 Å². The van der Waals surface area contributed by atoms with E-state index in [-0.39, 0.29) is 5.91 Å². The van der Waals surface area contributed by atoms with Crippen LogP contribution in [-0.4, -0.2) is 33.2 Å². The van der Waals surface area contributed by atoms with E-state index < -0.39 is 6.04 Å². The zero-order chi connectivity index (χ0) is 19.7. The zero-order valence-corrected chi connectivity index (χ0v) is 16.8. The standard InChI is InChI=1S/C19H17BrN6O2/c1-11-16(18(27)22-13-6-4-3-5-7-13)17(26-19(21-11)23-24-25-26)14-10-12(20)8-9-15(14)28-2/h3-10,17H,1-2H3,(H,22,27)(H,21,23,25). The van der Waals surface area contributed by atoms with Crippen molar-refractivity contribution in [1.82, 2.24) is 20.2 Å². The number of para-hydroxylation sites is 1. The van der Waals surface area contributed by atoms with Crippen molar-refractivity contribution in [3.63, 3.8) is 0 Å². The molecule has 0 aliphatic carbocycles. The molecule has 1 aliphatic rings. The summed E-state index contributed by atoms with van der Waals surface area (Å²) >= 11 is 3.50. The summed E-state index contributed by atoms with van der Waals surface area (Å²) in [5.74, 6) is 0.847. The number of aromatic nitrogens is 4. The van der Waals surface area contributed by atoms with Crippen molar-refractivity contribution in [1.29, 1.82) is 0 Å². The number of tetrazole rings is 1. The van der Waals surface area contributed by atoms with Crippen LogP contribution in [0, 0.1) is 0 Å². The molecular weight excluding hydrogens is 424 g/mol.